The fourth-order valence-electron chi connectivity index (χ4n) is 2.66. The number of carbonyl (C=O) groups excluding carboxylic acids is 2. The van der Waals surface area contributed by atoms with Gasteiger partial charge in [0.25, 0.3) is 0 Å². The molecule has 0 spiro atoms. The molecule has 1 unspecified atom stereocenters. The molecule has 0 saturated carbocycles. The molecule has 1 aromatic rings. The predicted molar refractivity (Wildman–Crippen MR) is 86.8 cm³/mol. The lowest BCUT2D eigenvalue weighted by molar-refractivity contribution is -0.0688. The fraction of sp³-hybridized carbons (Fsp3) is 0.529. The van der Waals surface area contributed by atoms with E-state index in [9.17, 15) is 14.7 Å². The Hall–Kier alpha value is -2.12. The van der Waals surface area contributed by atoms with Gasteiger partial charge < -0.3 is 24.2 Å². The van der Waals surface area contributed by atoms with Crippen LogP contribution < -0.4 is 9.47 Å². The number of hydrogen-bond donors (Lipinski definition) is 1. The van der Waals surface area contributed by atoms with Crippen LogP contribution in [0.5, 0.6) is 11.5 Å². The molecule has 1 atom stereocenters. The Balaban J connectivity index is 2.23. The number of benzene rings is 1. The summed E-state index contributed by atoms with van der Waals surface area (Å²) in [6, 6.07) is 1.52. The number of esters is 1. The van der Waals surface area contributed by atoms with Crippen molar-refractivity contribution in [1.29, 1.82) is 0 Å². The topological polar surface area (TPSA) is 85.3 Å². The first kappa shape index (κ1) is 18.2. The number of methoxy groups -OCH3 is 1. The van der Waals surface area contributed by atoms with Gasteiger partial charge in [0.05, 0.1) is 24.8 Å². The summed E-state index contributed by atoms with van der Waals surface area (Å²) in [6.07, 6.45) is 1.20. The zero-order chi connectivity index (χ0) is 17.7. The average molecular weight is 337 g/mol. The highest BCUT2D eigenvalue weighted by atomic mass is 16.6. The van der Waals surface area contributed by atoms with E-state index in [0.717, 1.165) is 19.4 Å². The smallest absolute Gasteiger partial charge is 0.340 e. The number of aliphatic hydroxyl groups is 1. The maximum Gasteiger partial charge on any atom is 0.340 e. The number of ether oxygens (including phenoxy) is 3. The molecule has 1 aromatic carbocycles. The van der Waals surface area contributed by atoms with Gasteiger partial charge in [-0.15, -0.1) is 0 Å². The summed E-state index contributed by atoms with van der Waals surface area (Å²) in [4.78, 5) is 25.6. The number of unbranched alkanes of at least 4 members (excludes halogenated alkanes) is 1. The molecular weight excluding hydrogens is 314 g/mol. The highest BCUT2D eigenvalue weighted by molar-refractivity contribution is 5.97. The number of rotatable bonds is 8. The molecule has 0 aromatic heterocycles. The van der Waals surface area contributed by atoms with E-state index in [1.165, 1.54) is 13.2 Å². The van der Waals surface area contributed by atoms with Gasteiger partial charge in [-0.3, -0.25) is 4.79 Å². The maximum absolute atomic E-state index is 12.0. The Morgan fingerprint density at radius 1 is 1.42 bits per heavy atom. The molecule has 7 nitrogen and oxygen atoms in total. The number of cyclic esters (lactones) is 1. The Labute approximate surface area is 141 Å². The molecule has 1 aliphatic heterocycles. The third kappa shape index (κ3) is 4.04. The second kappa shape index (κ2) is 8.12. The van der Waals surface area contributed by atoms with E-state index in [2.05, 4.69) is 4.90 Å². The number of nitrogens with zero attached hydrogens (tertiary/aromatic N) is 1. The maximum atomic E-state index is 12.0. The van der Waals surface area contributed by atoms with Crippen LogP contribution in [0.15, 0.2) is 6.07 Å². The van der Waals surface area contributed by atoms with Crippen LogP contribution in [0.3, 0.4) is 0 Å². The lowest BCUT2D eigenvalue weighted by atomic mass is 9.95. The molecule has 0 fully saturated rings. The molecule has 0 amide bonds. The van der Waals surface area contributed by atoms with Crippen molar-refractivity contribution in [3.63, 3.8) is 0 Å². The van der Waals surface area contributed by atoms with Gasteiger partial charge in [0, 0.05) is 6.42 Å². The lowest BCUT2D eigenvalue weighted by Gasteiger charge is -2.24. The fourth-order valence-corrected chi connectivity index (χ4v) is 2.66. The first-order valence-corrected chi connectivity index (χ1v) is 7.83. The summed E-state index contributed by atoms with van der Waals surface area (Å²) in [5.41, 5.74) is 0.867. The molecule has 1 N–H and O–H groups in total. The Morgan fingerprint density at radius 3 is 2.79 bits per heavy atom. The molecule has 7 heteroatoms. The van der Waals surface area contributed by atoms with Crippen molar-refractivity contribution in [2.24, 2.45) is 0 Å². The molecule has 2 rings (SSSR count). The number of carbonyl (C=O) groups is 2. The van der Waals surface area contributed by atoms with Crippen molar-refractivity contribution in [3.8, 4) is 11.5 Å². The summed E-state index contributed by atoms with van der Waals surface area (Å²) in [7, 11) is 5.44. The van der Waals surface area contributed by atoms with Crippen LogP contribution >= 0.6 is 0 Å². The zero-order valence-corrected chi connectivity index (χ0v) is 14.2. The molecule has 132 valence electrons. The van der Waals surface area contributed by atoms with Gasteiger partial charge in [-0.2, -0.15) is 0 Å². The SMILES string of the molecule is COc1c(OCCCCN(C)C)cc2c(c1C=O)CC(O)OC2=O. The van der Waals surface area contributed by atoms with E-state index >= 15 is 0 Å². The second-order valence-corrected chi connectivity index (χ2v) is 5.89. The minimum Gasteiger partial charge on any atom is -0.492 e. The zero-order valence-electron chi connectivity index (χ0n) is 14.2. The summed E-state index contributed by atoms with van der Waals surface area (Å²) >= 11 is 0. The normalized spacial score (nSPS) is 16.5. The lowest BCUT2D eigenvalue weighted by Crippen LogP contribution is -2.28. The Kier molecular flexibility index (Phi) is 6.16. The van der Waals surface area contributed by atoms with Crippen LogP contribution in [0.4, 0.5) is 0 Å². The molecule has 1 aliphatic rings. The van der Waals surface area contributed by atoms with Crippen molar-refractivity contribution >= 4 is 12.3 Å². The van der Waals surface area contributed by atoms with Gasteiger partial charge in [0.2, 0.25) is 6.29 Å². The highest BCUT2D eigenvalue weighted by Gasteiger charge is 2.31. The van der Waals surface area contributed by atoms with E-state index in [1.807, 2.05) is 14.1 Å². The van der Waals surface area contributed by atoms with E-state index in [4.69, 9.17) is 14.2 Å². The summed E-state index contributed by atoms with van der Waals surface area (Å²) < 4.78 is 15.8. The summed E-state index contributed by atoms with van der Waals surface area (Å²) in [6.45, 7) is 1.40. The summed E-state index contributed by atoms with van der Waals surface area (Å²) in [5, 5.41) is 9.59. The third-order valence-corrected chi connectivity index (χ3v) is 3.82. The van der Waals surface area contributed by atoms with Gasteiger partial charge in [-0.05, 0) is 45.1 Å². The Morgan fingerprint density at radius 2 is 2.17 bits per heavy atom. The van der Waals surface area contributed by atoms with Gasteiger partial charge >= 0.3 is 5.97 Å². The quantitative estimate of drug-likeness (QED) is 0.434. The standard InChI is InChI=1S/C17H23NO6/c1-18(2)6-4-5-7-23-14-8-12-11(9-15(20)24-17(12)21)13(10-19)16(14)22-3/h8,10,15,20H,4-7,9H2,1-3H3. The minimum atomic E-state index is -1.26. The van der Waals surface area contributed by atoms with E-state index in [0.29, 0.717) is 24.2 Å². The van der Waals surface area contributed by atoms with Gasteiger partial charge in [-0.25, -0.2) is 4.79 Å². The minimum absolute atomic E-state index is 0.0502. The van der Waals surface area contributed by atoms with Crippen LogP contribution in [0.2, 0.25) is 0 Å². The van der Waals surface area contributed by atoms with Crippen molar-refractivity contribution in [2.75, 3.05) is 34.4 Å². The monoisotopic (exact) mass is 337 g/mol. The number of aliphatic hydroxyl groups excluding tert-OH is 1. The van der Waals surface area contributed by atoms with Gasteiger partial charge in [0.1, 0.15) is 0 Å². The molecule has 1 heterocycles. The predicted octanol–water partition coefficient (Wildman–Crippen LogP) is 1.26. The molecule has 0 bridgehead atoms. The van der Waals surface area contributed by atoms with Crippen molar-refractivity contribution in [1.82, 2.24) is 4.90 Å². The van der Waals surface area contributed by atoms with Crippen LogP contribution in [0.1, 0.15) is 39.1 Å². The van der Waals surface area contributed by atoms with Crippen LogP contribution in [0.25, 0.3) is 0 Å². The average Bonchev–Trinajstić information content (AvgIpc) is 2.53. The van der Waals surface area contributed by atoms with Crippen LogP contribution in [-0.4, -0.2) is 62.9 Å². The number of aldehydes is 1. The first-order chi connectivity index (χ1) is 11.5. The van der Waals surface area contributed by atoms with Crippen molar-refractivity contribution < 1.29 is 28.9 Å². The highest BCUT2D eigenvalue weighted by Crippen LogP contribution is 2.38. The van der Waals surface area contributed by atoms with Crippen molar-refractivity contribution in [3.05, 3.63) is 22.8 Å². The van der Waals surface area contributed by atoms with E-state index < -0.39 is 12.3 Å². The number of hydrogen-bond acceptors (Lipinski definition) is 7. The Bertz CT molecular complexity index is 614. The number of fused-ring (bicyclic) bond motifs is 1. The van der Waals surface area contributed by atoms with Gasteiger partial charge in [-0.1, -0.05) is 0 Å². The molecule has 24 heavy (non-hydrogen) atoms. The van der Waals surface area contributed by atoms with Crippen LogP contribution in [-0.2, 0) is 11.2 Å². The van der Waals surface area contributed by atoms with E-state index in [-0.39, 0.29) is 23.3 Å². The molecule has 0 saturated heterocycles. The first-order valence-electron chi connectivity index (χ1n) is 7.83. The third-order valence-electron chi connectivity index (χ3n) is 3.82. The van der Waals surface area contributed by atoms with Gasteiger partial charge in [0.15, 0.2) is 17.8 Å². The summed E-state index contributed by atoms with van der Waals surface area (Å²) in [5.74, 6) is -0.0678. The second-order valence-electron chi connectivity index (χ2n) is 5.89. The van der Waals surface area contributed by atoms with E-state index in [1.54, 1.807) is 0 Å². The molecule has 0 radical (unpaired) electrons. The van der Waals surface area contributed by atoms with Crippen molar-refractivity contribution in [2.45, 2.75) is 25.6 Å². The molecular formula is C17H23NO6. The molecule has 0 aliphatic carbocycles. The largest absolute Gasteiger partial charge is 0.492 e. The van der Waals surface area contributed by atoms with Crippen LogP contribution in [0, 0.1) is 0 Å².